The highest BCUT2D eigenvalue weighted by atomic mass is 16.5. The van der Waals surface area contributed by atoms with Gasteiger partial charge < -0.3 is 15.0 Å². The summed E-state index contributed by atoms with van der Waals surface area (Å²) in [6, 6.07) is 15.2. The van der Waals surface area contributed by atoms with Gasteiger partial charge in [0.25, 0.3) is 5.91 Å². The first-order valence-electron chi connectivity index (χ1n) is 11.3. The number of carbonyl (C=O) groups is 3. The van der Waals surface area contributed by atoms with Crippen LogP contribution in [0.4, 0.5) is 0 Å². The third-order valence-electron chi connectivity index (χ3n) is 5.87. The Hall–Kier alpha value is -3.15. The maximum atomic E-state index is 12.5. The zero-order valence-electron chi connectivity index (χ0n) is 18.9. The van der Waals surface area contributed by atoms with Gasteiger partial charge >= 0.3 is 0 Å². The number of nitrogens with zero attached hydrogens (tertiary/aromatic N) is 1. The molecule has 2 amide bonds. The predicted octanol–water partition coefficient (Wildman–Crippen LogP) is 3.71. The van der Waals surface area contributed by atoms with Crippen LogP contribution in [0.15, 0.2) is 48.5 Å². The molecule has 6 nitrogen and oxygen atoms in total. The summed E-state index contributed by atoms with van der Waals surface area (Å²) in [5.41, 5.74) is 2.82. The number of carbonyl (C=O) groups excluding carboxylic acids is 3. The number of piperidine rings is 1. The number of rotatable bonds is 9. The Balaban J connectivity index is 1.36. The molecule has 1 fully saturated rings. The van der Waals surface area contributed by atoms with E-state index in [1.165, 1.54) is 0 Å². The minimum atomic E-state index is -0.116. The normalized spacial score (nSPS) is 14.1. The molecular formula is C26H32N2O4. The van der Waals surface area contributed by atoms with Crippen molar-refractivity contribution in [2.24, 2.45) is 0 Å². The monoisotopic (exact) mass is 436 g/mol. The summed E-state index contributed by atoms with van der Waals surface area (Å²) in [7, 11) is 0. The number of aryl methyl sites for hydroxylation is 2. The molecule has 0 unspecified atom stereocenters. The fourth-order valence-corrected chi connectivity index (χ4v) is 3.85. The van der Waals surface area contributed by atoms with Crippen LogP contribution in [0.25, 0.3) is 0 Å². The van der Waals surface area contributed by atoms with E-state index in [1.807, 2.05) is 43.3 Å². The Morgan fingerprint density at radius 1 is 1.00 bits per heavy atom. The number of benzene rings is 2. The van der Waals surface area contributed by atoms with Gasteiger partial charge in [-0.05, 0) is 37.8 Å². The van der Waals surface area contributed by atoms with Gasteiger partial charge in [0.15, 0.2) is 12.4 Å². The number of likely N-dealkylation sites (tertiary alicyclic amines) is 1. The van der Waals surface area contributed by atoms with Crippen molar-refractivity contribution in [1.82, 2.24) is 10.2 Å². The summed E-state index contributed by atoms with van der Waals surface area (Å²) in [4.78, 5) is 38.8. The molecule has 0 aromatic heterocycles. The van der Waals surface area contributed by atoms with Gasteiger partial charge in [0.2, 0.25) is 5.91 Å². The Bertz CT molecular complexity index is 931. The molecule has 6 heteroatoms. The van der Waals surface area contributed by atoms with Gasteiger partial charge in [0, 0.05) is 37.5 Å². The van der Waals surface area contributed by atoms with Gasteiger partial charge in [-0.25, -0.2) is 0 Å². The summed E-state index contributed by atoms with van der Waals surface area (Å²) in [5, 5.41) is 3.01. The van der Waals surface area contributed by atoms with Gasteiger partial charge in [0.05, 0.1) is 0 Å². The molecule has 1 N–H and O–H groups in total. The van der Waals surface area contributed by atoms with E-state index in [0.29, 0.717) is 31.5 Å². The molecule has 2 aromatic carbocycles. The predicted molar refractivity (Wildman–Crippen MR) is 124 cm³/mol. The van der Waals surface area contributed by atoms with Crippen molar-refractivity contribution in [3.63, 3.8) is 0 Å². The van der Waals surface area contributed by atoms with E-state index in [4.69, 9.17) is 4.74 Å². The molecule has 0 spiro atoms. The molecule has 1 aliphatic rings. The van der Waals surface area contributed by atoms with Crippen molar-refractivity contribution >= 4 is 17.6 Å². The van der Waals surface area contributed by atoms with E-state index >= 15 is 0 Å². The highest BCUT2D eigenvalue weighted by Gasteiger charge is 2.24. The van der Waals surface area contributed by atoms with Crippen molar-refractivity contribution < 1.29 is 19.1 Å². The highest BCUT2D eigenvalue weighted by Crippen LogP contribution is 2.19. The topological polar surface area (TPSA) is 75.7 Å². The van der Waals surface area contributed by atoms with Crippen LogP contribution in [0.1, 0.15) is 54.1 Å². The number of para-hydroxylation sites is 1. The van der Waals surface area contributed by atoms with Gasteiger partial charge in [-0.1, -0.05) is 55.0 Å². The van der Waals surface area contributed by atoms with Crippen molar-refractivity contribution in [2.75, 3.05) is 19.7 Å². The fraction of sp³-hybridized carbons (Fsp3) is 0.423. The second-order valence-electron chi connectivity index (χ2n) is 8.26. The van der Waals surface area contributed by atoms with Crippen LogP contribution in [0.3, 0.4) is 0 Å². The maximum Gasteiger partial charge on any atom is 0.260 e. The first-order valence-corrected chi connectivity index (χ1v) is 11.3. The van der Waals surface area contributed by atoms with Crippen LogP contribution in [-0.2, 0) is 16.0 Å². The average molecular weight is 437 g/mol. The summed E-state index contributed by atoms with van der Waals surface area (Å²) < 4.78 is 5.74. The molecule has 170 valence electrons. The summed E-state index contributed by atoms with van der Waals surface area (Å²) >= 11 is 0. The molecule has 32 heavy (non-hydrogen) atoms. The van der Waals surface area contributed by atoms with Gasteiger partial charge in [-0.2, -0.15) is 0 Å². The van der Waals surface area contributed by atoms with Crippen molar-refractivity contribution in [3.8, 4) is 5.75 Å². The molecular weight excluding hydrogens is 404 g/mol. The molecule has 1 aliphatic heterocycles. The smallest absolute Gasteiger partial charge is 0.260 e. The minimum absolute atomic E-state index is 0.0230. The van der Waals surface area contributed by atoms with E-state index in [2.05, 4.69) is 12.2 Å². The lowest BCUT2D eigenvalue weighted by molar-refractivity contribution is -0.134. The van der Waals surface area contributed by atoms with Gasteiger partial charge in [-0.15, -0.1) is 0 Å². The zero-order chi connectivity index (χ0) is 22.9. The zero-order valence-corrected chi connectivity index (χ0v) is 18.9. The summed E-state index contributed by atoms with van der Waals surface area (Å²) in [6.45, 7) is 5.23. The van der Waals surface area contributed by atoms with Crippen LogP contribution in [-0.4, -0.2) is 48.2 Å². The number of nitrogens with one attached hydrogen (secondary N) is 1. The van der Waals surface area contributed by atoms with Crippen molar-refractivity contribution in [1.29, 1.82) is 0 Å². The van der Waals surface area contributed by atoms with Crippen LogP contribution in [0.5, 0.6) is 5.75 Å². The number of Topliss-reactive ketones (excluding diaryl/α,β-unsaturated/α-hetero) is 1. The van der Waals surface area contributed by atoms with Crippen molar-refractivity contribution in [3.05, 3.63) is 65.2 Å². The van der Waals surface area contributed by atoms with Crippen molar-refractivity contribution in [2.45, 2.75) is 52.0 Å². The standard InChI is InChI=1S/C26H32N2O4/c1-3-20-6-4-5-7-24(20)32-18-26(31)28-16-14-22(15-17-28)27-25(30)13-12-23(29)21-10-8-19(2)9-11-21/h4-11,22H,3,12-18H2,1-2H3,(H,27,30). The third kappa shape index (κ3) is 6.67. The first-order chi connectivity index (χ1) is 15.5. The van der Waals surface area contributed by atoms with Gasteiger partial charge in [-0.3, -0.25) is 14.4 Å². The van der Waals surface area contributed by atoms with Crippen LogP contribution in [0.2, 0.25) is 0 Å². The van der Waals surface area contributed by atoms with E-state index in [0.717, 1.165) is 23.3 Å². The van der Waals surface area contributed by atoms with E-state index in [9.17, 15) is 14.4 Å². The molecule has 0 atom stereocenters. The number of hydrogen-bond acceptors (Lipinski definition) is 4. The van der Waals surface area contributed by atoms with Crippen LogP contribution >= 0.6 is 0 Å². The molecule has 1 heterocycles. The second-order valence-corrected chi connectivity index (χ2v) is 8.26. The van der Waals surface area contributed by atoms with E-state index in [1.54, 1.807) is 17.0 Å². The molecule has 0 saturated carbocycles. The molecule has 1 saturated heterocycles. The number of amides is 2. The molecule has 0 radical (unpaired) electrons. The number of ether oxygens (including phenoxy) is 1. The van der Waals surface area contributed by atoms with Crippen LogP contribution in [0, 0.1) is 6.92 Å². The SMILES string of the molecule is CCc1ccccc1OCC(=O)N1CCC(NC(=O)CCC(=O)c2ccc(C)cc2)CC1. The lowest BCUT2D eigenvalue weighted by Crippen LogP contribution is -2.47. The highest BCUT2D eigenvalue weighted by molar-refractivity contribution is 5.98. The third-order valence-corrected chi connectivity index (χ3v) is 5.87. The molecule has 0 bridgehead atoms. The van der Waals surface area contributed by atoms with E-state index < -0.39 is 0 Å². The molecule has 2 aromatic rings. The Morgan fingerprint density at radius 3 is 2.38 bits per heavy atom. The molecule has 3 rings (SSSR count). The Labute approximate surface area is 189 Å². The first kappa shape index (κ1) is 23.5. The van der Waals surface area contributed by atoms with Gasteiger partial charge in [0.1, 0.15) is 5.75 Å². The van der Waals surface area contributed by atoms with Crippen LogP contribution < -0.4 is 10.1 Å². The quantitative estimate of drug-likeness (QED) is 0.608. The van der Waals surface area contributed by atoms with E-state index in [-0.39, 0.29) is 43.1 Å². The Kier molecular flexibility index (Phi) is 8.42. The maximum absolute atomic E-state index is 12.5. The minimum Gasteiger partial charge on any atom is -0.483 e. The lowest BCUT2D eigenvalue weighted by atomic mass is 10.0. The molecule has 0 aliphatic carbocycles. The largest absolute Gasteiger partial charge is 0.483 e. The summed E-state index contributed by atoms with van der Waals surface area (Å²) in [5.74, 6) is 0.579. The fourth-order valence-electron chi connectivity index (χ4n) is 3.85. The Morgan fingerprint density at radius 2 is 1.69 bits per heavy atom. The number of ketones is 1. The lowest BCUT2D eigenvalue weighted by Gasteiger charge is -2.32. The average Bonchev–Trinajstić information content (AvgIpc) is 2.82. The summed E-state index contributed by atoms with van der Waals surface area (Å²) in [6.07, 6.45) is 2.63. The number of hydrogen-bond donors (Lipinski definition) is 1. The second kappa shape index (κ2) is 11.5.